The van der Waals surface area contributed by atoms with Crippen LogP contribution in [0.3, 0.4) is 0 Å². The summed E-state index contributed by atoms with van der Waals surface area (Å²) in [5, 5.41) is 3.53. The Kier molecular flexibility index (Phi) is 6.43. The molecule has 1 aliphatic rings. The molecule has 3 rings (SSSR count). The summed E-state index contributed by atoms with van der Waals surface area (Å²) < 4.78 is 27.1. The first-order valence-electron chi connectivity index (χ1n) is 9.35. The van der Waals surface area contributed by atoms with Crippen LogP contribution < -0.4 is 5.32 Å². The molecule has 0 bridgehead atoms. The standard InChI is InChI=1S/C21H25ClN2O3S/c1-15-5-10-20(16(2)12-15)23-21(25)18-4-3-11-24(13-18)28(26,27)14-17-6-8-19(22)9-7-17/h5-10,12,18H,3-4,11,13-14H2,1-2H3,(H,23,25). The highest BCUT2D eigenvalue weighted by Gasteiger charge is 2.32. The molecular formula is C21H25ClN2O3S. The summed E-state index contributed by atoms with van der Waals surface area (Å²) in [7, 11) is -3.49. The van der Waals surface area contributed by atoms with Gasteiger partial charge in [0.25, 0.3) is 0 Å². The Labute approximate surface area is 171 Å². The molecule has 7 heteroatoms. The molecule has 0 aromatic heterocycles. The van der Waals surface area contributed by atoms with Gasteiger partial charge in [-0.25, -0.2) is 12.7 Å². The van der Waals surface area contributed by atoms with E-state index in [0.29, 0.717) is 30.0 Å². The highest BCUT2D eigenvalue weighted by atomic mass is 35.5. The fourth-order valence-corrected chi connectivity index (χ4v) is 5.22. The van der Waals surface area contributed by atoms with Crippen LogP contribution in [-0.4, -0.2) is 31.7 Å². The van der Waals surface area contributed by atoms with Gasteiger partial charge in [-0.05, 0) is 56.0 Å². The number of nitrogens with zero attached hydrogens (tertiary/aromatic N) is 1. The number of amides is 1. The van der Waals surface area contributed by atoms with Crippen LogP contribution in [0, 0.1) is 19.8 Å². The normalized spacial score (nSPS) is 18.0. The van der Waals surface area contributed by atoms with Crippen molar-refractivity contribution in [1.29, 1.82) is 0 Å². The van der Waals surface area contributed by atoms with Crippen molar-refractivity contribution in [2.45, 2.75) is 32.4 Å². The first kappa shape index (κ1) is 20.8. The number of carbonyl (C=O) groups excluding carboxylic acids is 1. The summed E-state index contributed by atoms with van der Waals surface area (Å²) in [6, 6.07) is 12.7. The number of sulfonamides is 1. The number of rotatable bonds is 5. The zero-order valence-electron chi connectivity index (χ0n) is 16.1. The minimum absolute atomic E-state index is 0.0877. The second-order valence-corrected chi connectivity index (χ2v) is 9.79. The smallest absolute Gasteiger partial charge is 0.228 e. The van der Waals surface area contributed by atoms with E-state index in [4.69, 9.17) is 11.6 Å². The number of halogens is 1. The number of piperidine rings is 1. The van der Waals surface area contributed by atoms with Crippen LogP contribution in [0.2, 0.25) is 5.02 Å². The van der Waals surface area contributed by atoms with Crippen LogP contribution in [0.4, 0.5) is 5.69 Å². The Hall–Kier alpha value is -1.89. The third-order valence-electron chi connectivity index (χ3n) is 5.05. The van der Waals surface area contributed by atoms with E-state index in [0.717, 1.165) is 16.8 Å². The summed E-state index contributed by atoms with van der Waals surface area (Å²) in [5.41, 5.74) is 3.59. The van der Waals surface area contributed by atoms with Crippen molar-refractivity contribution < 1.29 is 13.2 Å². The second-order valence-electron chi connectivity index (χ2n) is 7.39. The monoisotopic (exact) mass is 420 g/mol. The average molecular weight is 421 g/mol. The third kappa shape index (κ3) is 5.13. The van der Waals surface area contributed by atoms with Crippen molar-refractivity contribution in [1.82, 2.24) is 4.31 Å². The fraction of sp³-hybridized carbons (Fsp3) is 0.381. The zero-order valence-corrected chi connectivity index (χ0v) is 17.7. The topological polar surface area (TPSA) is 66.5 Å². The first-order chi connectivity index (χ1) is 13.2. The van der Waals surface area contributed by atoms with Gasteiger partial charge in [-0.1, -0.05) is 41.4 Å². The number of aryl methyl sites for hydroxylation is 2. The van der Waals surface area contributed by atoms with Gasteiger partial charge in [0.05, 0.1) is 11.7 Å². The molecule has 1 heterocycles. The Morgan fingerprint density at radius 3 is 2.57 bits per heavy atom. The molecule has 0 saturated carbocycles. The number of carbonyl (C=O) groups is 1. The quantitative estimate of drug-likeness (QED) is 0.790. The van der Waals surface area contributed by atoms with Crippen LogP contribution >= 0.6 is 11.6 Å². The molecule has 1 saturated heterocycles. The Balaban J connectivity index is 1.67. The largest absolute Gasteiger partial charge is 0.326 e. The number of anilines is 1. The lowest BCUT2D eigenvalue weighted by atomic mass is 9.98. The van der Waals surface area contributed by atoms with E-state index in [1.807, 2.05) is 32.0 Å². The predicted octanol–water partition coefficient (Wildman–Crippen LogP) is 4.14. The summed E-state index contributed by atoms with van der Waals surface area (Å²) in [4.78, 5) is 12.7. The molecule has 1 atom stereocenters. The molecule has 1 unspecified atom stereocenters. The van der Waals surface area contributed by atoms with E-state index in [9.17, 15) is 13.2 Å². The second kappa shape index (κ2) is 8.64. The van der Waals surface area contributed by atoms with Crippen molar-refractivity contribution in [3.63, 3.8) is 0 Å². The fourth-order valence-electron chi connectivity index (χ4n) is 3.48. The Bertz CT molecular complexity index is 958. The maximum Gasteiger partial charge on any atom is 0.228 e. The van der Waals surface area contributed by atoms with Gasteiger partial charge >= 0.3 is 0 Å². The average Bonchev–Trinajstić information content (AvgIpc) is 2.66. The molecule has 150 valence electrons. The number of hydrogen-bond donors (Lipinski definition) is 1. The van der Waals surface area contributed by atoms with Crippen LogP contribution in [0.15, 0.2) is 42.5 Å². The lowest BCUT2D eigenvalue weighted by Crippen LogP contribution is -2.44. The van der Waals surface area contributed by atoms with E-state index in [-0.39, 0.29) is 24.1 Å². The lowest BCUT2D eigenvalue weighted by molar-refractivity contribution is -0.120. The molecule has 5 nitrogen and oxygen atoms in total. The molecule has 2 aromatic rings. The van der Waals surface area contributed by atoms with Gasteiger partial charge in [0, 0.05) is 23.8 Å². The van der Waals surface area contributed by atoms with Gasteiger partial charge in [0.1, 0.15) is 0 Å². The van der Waals surface area contributed by atoms with Crippen molar-refractivity contribution in [3.8, 4) is 0 Å². The van der Waals surface area contributed by atoms with Gasteiger partial charge < -0.3 is 5.32 Å². The molecule has 28 heavy (non-hydrogen) atoms. The van der Waals surface area contributed by atoms with E-state index >= 15 is 0 Å². The molecule has 0 aliphatic carbocycles. The highest BCUT2D eigenvalue weighted by Crippen LogP contribution is 2.24. The summed E-state index contributed by atoms with van der Waals surface area (Å²) in [5.74, 6) is -0.567. The number of hydrogen-bond acceptors (Lipinski definition) is 3. The van der Waals surface area contributed by atoms with Gasteiger partial charge in [-0.15, -0.1) is 0 Å². The number of nitrogens with one attached hydrogen (secondary N) is 1. The Morgan fingerprint density at radius 2 is 1.89 bits per heavy atom. The SMILES string of the molecule is Cc1ccc(NC(=O)C2CCCN(S(=O)(=O)Cc3ccc(Cl)cc3)C2)c(C)c1. The van der Waals surface area contributed by atoms with Gasteiger partial charge in [0.2, 0.25) is 15.9 Å². The summed E-state index contributed by atoms with van der Waals surface area (Å²) >= 11 is 5.87. The third-order valence-corrected chi connectivity index (χ3v) is 7.12. The minimum atomic E-state index is -3.49. The molecule has 1 fully saturated rings. The van der Waals surface area contributed by atoms with E-state index in [1.54, 1.807) is 24.3 Å². The predicted molar refractivity (Wildman–Crippen MR) is 113 cm³/mol. The minimum Gasteiger partial charge on any atom is -0.326 e. The van der Waals surface area contributed by atoms with Crippen LogP contribution in [0.1, 0.15) is 29.5 Å². The molecule has 2 aromatic carbocycles. The number of benzene rings is 2. The molecular weight excluding hydrogens is 396 g/mol. The van der Waals surface area contributed by atoms with Crippen molar-refractivity contribution in [2.24, 2.45) is 5.92 Å². The van der Waals surface area contributed by atoms with E-state index < -0.39 is 10.0 Å². The van der Waals surface area contributed by atoms with Crippen LogP contribution in [0.25, 0.3) is 0 Å². The van der Waals surface area contributed by atoms with Crippen molar-refractivity contribution >= 4 is 33.2 Å². The highest BCUT2D eigenvalue weighted by molar-refractivity contribution is 7.88. The zero-order chi connectivity index (χ0) is 20.3. The van der Waals surface area contributed by atoms with Crippen LogP contribution in [0.5, 0.6) is 0 Å². The van der Waals surface area contributed by atoms with Crippen LogP contribution in [-0.2, 0) is 20.6 Å². The van der Waals surface area contributed by atoms with Gasteiger partial charge in [0.15, 0.2) is 0 Å². The van der Waals surface area contributed by atoms with Crippen molar-refractivity contribution in [3.05, 3.63) is 64.2 Å². The molecule has 0 radical (unpaired) electrons. The molecule has 1 amide bonds. The lowest BCUT2D eigenvalue weighted by Gasteiger charge is -2.31. The maximum atomic E-state index is 12.8. The van der Waals surface area contributed by atoms with Gasteiger partial charge in [-0.3, -0.25) is 4.79 Å². The Morgan fingerprint density at radius 1 is 1.18 bits per heavy atom. The maximum absolute atomic E-state index is 12.8. The van der Waals surface area contributed by atoms with Gasteiger partial charge in [-0.2, -0.15) is 0 Å². The van der Waals surface area contributed by atoms with Crippen molar-refractivity contribution in [2.75, 3.05) is 18.4 Å². The first-order valence-corrected chi connectivity index (χ1v) is 11.3. The molecule has 1 N–H and O–H groups in total. The summed E-state index contributed by atoms with van der Waals surface area (Å²) in [6.45, 7) is 4.62. The van der Waals surface area contributed by atoms with E-state index in [2.05, 4.69) is 5.32 Å². The summed E-state index contributed by atoms with van der Waals surface area (Å²) in [6.07, 6.45) is 1.36. The molecule has 0 spiro atoms. The van der Waals surface area contributed by atoms with E-state index in [1.165, 1.54) is 4.31 Å². The molecule has 1 aliphatic heterocycles.